The van der Waals surface area contributed by atoms with Crippen molar-refractivity contribution in [2.24, 2.45) is 10.3 Å². The summed E-state index contributed by atoms with van der Waals surface area (Å²) in [6, 6.07) is 6.12. The first-order chi connectivity index (χ1) is 7.16. The van der Waals surface area contributed by atoms with Crippen LogP contribution in [0.4, 0.5) is 0 Å². The van der Waals surface area contributed by atoms with Crippen LogP contribution in [0.5, 0.6) is 0 Å². The summed E-state index contributed by atoms with van der Waals surface area (Å²) in [7, 11) is -7.24. The molecule has 0 amide bonds. The summed E-state index contributed by atoms with van der Waals surface area (Å²) >= 11 is 0. The van der Waals surface area contributed by atoms with Crippen LogP contribution >= 0.6 is 0 Å². The standard InChI is InChI=1S/C8H12N2O4S2/c9-15(11,12)5-7-2-1-3-8(4-7)6-16(10,13)14/h1-4H,5-6H2,(H2,9,11,12)(H2,10,13,14). The van der Waals surface area contributed by atoms with Crippen molar-refractivity contribution in [3.63, 3.8) is 0 Å². The predicted molar refractivity (Wildman–Crippen MR) is 60.1 cm³/mol. The van der Waals surface area contributed by atoms with Crippen LogP contribution in [0, 0.1) is 0 Å². The van der Waals surface area contributed by atoms with Gasteiger partial charge in [-0.15, -0.1) is 0 Å². The fraction of sp³-hybridized carbons (Fsp3) is 0.250. The molecule has 0 spiro atoms. The lowest BCUT2D eigenvalue weighted by Gasteiger charge is -2.03. The van der Waals surface area contributed by atoms with E-state index in [1.54, 1.807) is 18.2 Å². The summed E-state index contributed by atoms with van der Waals surface area (Å²) < 4.78 is 43.3. The molecular formula is C8H12N2O4S2. The molecule has 0 unspecified atom stereocenters. The van der Waals surface area contributed by atoms with Gasteiger partial charge < -0.3 is 0 Å². The van der Waals surface area contributed by atoms with E-state index in [2.05, 4.69) is 0 Å². The number of rotatable bonds is 4. The fourth-order valence-electron chi connectivity index (χ4n) is 1.27. The molecule has 1 aromatic rings. The van der Waals surface area contributed by atoms with Crippen LogP contribution in [-0.2, 0) is 31.6 Å². The van der Waals surface area contributed by atoms with Crippen LogP contribution < -0.4 is 10.3 Å². The number of sulfonamides is 2. The van der Waals surface area contributed by atoms with Crippen LogP contribution in [0.2, 0.25) is 0 Å². The van der Waals surface area contributed by atoms with Gasteiger partial charge in [0.1, 0.15) is 0 Å². The summed E-state index contributed by atoms with van der Waals surface area (Å²) in [5.41, 5.74) is 0.868. The minimum atomic E-state index is -3.62. The zero-order valence-electron chi connectivity index (χ0n) is 8.33. The fourth-order valence-corrected chi connectivity index (χ4v) is 2.56. The first kappa shape index (κ1) is 13.1. The molecule has 0 atom stereocenters. The summed E-state index contributed by atoms with van der Waals surface area (Å²) in [5, 5.41) is 9.75. The summed E-state index contributed by atoms with van der Waals surface area (Å²) in [4.78, 5) is 0. The molecule has 0 radical (unpaired) electrons. The molecule has 0 saturated heterocycles. The van der Waals surface area contributed by atoms with E-state index in [0.29, 0.717) is 11.1 Å². The Morgan fingerprint density at radius 3 is 1.56 bits per heavy atom. The molecule has 90 valence electrons. The van der Waals surface area contributed by atoms with Crippen molar-refractivity contribution in [1.82, 2.24) is 0 Å². The second-order valence-electron chi connectivity index (χ2n) is 3.43. The molecule has 0 bridgehead atoms. The van der Waals surface area contributed by atoms with E-state index in [9.17, 15) is 16.8 Å². The maximum atomic E-state index is 10.8. The third-order valence-electron chi connectivity index (χ3n) is 1.73. The normalized spacial score (nSPS) is 12.6. The third kappa shape index (κ3) is 5.21. The van der Waals surface area contributed by atoms with Crippen LogP contribution in [0.3, 0.4) is 0 Å². The molecule has 1 aromatic carbocycles. The lowest BCUT2D eigenvalue weighted by atomic mass is 10.2. The van der Waals surface area contributed by atoms with Crippen molar-refractivity contribution in [3.8, 4) is 0 Å². The van der Waals surface area contributed by atoms with E-state index in [1.807, 2.05) is 0 Å². The topological polar surface area (TPSA) is 120 Å². The van der Waals surface area contributed by atoms with Crippen LogP contribution in [0.1, 0.15) is 11.1 Å². The SMILES string of the molecule is NS(=O)(=O)Cc1cccc(CS(N)(=O)=O)c1. The quantitative estimate of drug-likeness (QED) is 0.744. The first-order valence-corrected chi connectivity index (χ1v) is 7.67. The molecule has 4 N–H and O–H groups in total. The summed E-state index contributed by atoms with van der Waals surface area (Å²) in [6.07, 6.45) is 0. The van der Waals surface area contributed by atoms with Gasteiger partial charge in [0.2, 0.25) is 20.0 Å². The van der Waals surface area contributed by atoms with Gasteiger partial charge in [-0.2, -0.15) is 0 Å². The zero-order valence-corrected chi connectivity index (χ0v) is 9.96. The van der Waals surface area contributed by atoms with Crippen molar-refractivity contribution in [2.45, 2.75) is 11.5 Å². The highest BCUT2D eigenvalue weighted by Gasteiger charge is 2.08. The van der Waals surface area contributed by atoms with Gasteiger partial charge in [-0.05, 0) is 11.1 Å². The van der Waals surface area contributed by atoms with Crippen LogP contribution in [-0.4, -0.2) is 16.8 Å². The molecule has 0 fully saturated rings. The van der Waals surface area contributed by atoms with Gasteiger partial charge in [-0.1, -0.05) is 24.3 Å². The van der Waals surface area contributed by atoms with E-state index in [1.165, 1.54) is 6.07 Å². The Kier molecular flexibility index (Phi) is 3.68. The average Bonchev–Trinajstić information content (AvgIpc) is 1.96. The van der Waals surface area contributed by atoms with Gasteiger partial charge in [0.05, 0.1) is 11.5 Å². The Morgan fingerprint density at radius 1 is 0.875 bits per heavy atom. The number of hydrogen-bond acceptors (Lipinski definition) is 4. The zero-order chi connectivity index (χ0) is 12.4. The van der Waals surface area contributed by atoms with Crippen molar-refractivity contribution < 1.29 is 16.8 Å². The molecule has 0 aromatic heterocycles. The molecule has 0 aliphatic heterocycles. The number of hydrogen-bond donors (Lipinski definition) is 2. The highest BCUT2D eigenvalue weighted by Crippen LogP contribution is 2.09. The molecule has 1 rings (SSSR count). The van der Waals surface area contributed by atoms with Crippen LogP contribution in [0.15, 0.2) is 24.3 Å². The van der Waals surface area contributed by atoms with E-state index < -0.39 is 20.0 Å². The highest BCUT2D eigenvalue weighted by molar-refractivity contribution is 7.88. The average molecular weight is 264 g/mol. The lowest BCUT2D eigenvalue weighted by molar-refractivity contribution is 0.595. The van der Waals surface area contributed by atoms with Crippen LogP contribution in [0.25, 0.3) is 0 Å². The Bertz CT molecular complexity index is 529. The predicted octanol–water partition coefficient (Wildman–Crippen LogP) is -0.736. The van der Waals surface area contributed by atoms with E-state index in [-0.39, 0.29) is 11.5 Å². The Balaban J connectivity index is 2.96. The summed E-state index contributed by atoms with van der Waals surface area (Å²) in [5.74, 6) is -0.656. The van der Waals surface area contributed by atoms with E-state index in [0.717, 1.165) is 0 Å². The lowest BCUT2D eigenvalue weighted by Crippen LogP contribution is -2.16. The molecule has 0 aliphatic rings. The maximum Gasteiger partial charge on any atom is 0.213 e. The van der Waals surface area contributed by atoms with Crippen molar-refractivity contribution in [2.75, 3.05) is 0 Å². The van der Waals surface area contributed by atoms with Gasteiger partial charge >= 0.3 is 0 Å². The van der Waals surface area contributed by atoms with E-state index >= 15 is 0 Å². The minimum Gasteiger partial charge on any atom is -0.228 e. The van der Waals surface area contributed by atoms with Gasteiger partial charge in [-0.25, -0.2) is 27.1 Å². The Labute approximate surface area is 94.4 Å². The van der Waals surface area contributed by atoms with Crippen molar-refractivity contribution in [3.05, 3.63) is 35.4 Å². The molecule has 0 saturated carbocycles. The van der Waals surface area contributed by atoms with Gasteiger partial charge in [0.25, 0.3) is 0 Å². The molecule has 0 aliphatic carbocycles. The molecule has 16 heavy (non-hydrogen) atoms. The number of primary sulfonamides is 2. The van der Waals surface area contributed by atoms with Gasteiger partial charge in [0, 0.05) is 0 Å². The van der Waals surface area contributed by atoms with Gasteiger partial charge in [0.15, 0.2) is 0 Å². The smallest absolute Gasteiger partial charge is 0.213 e. The molecule has 0 heterocycles. The first-order valence-electron chi connectivity index (χ1n) is 4.24. The Morgan fingerprint density at radius 2 is 1.25 bits per heavy atom. The minimum absolute atomic E-state index is 0.328. The molecular weight excluding hydrogens is 252 g/mol. The molecule has 8 heteroatoms. The largest absolute Gasteiger partial charge is 0.228 e. The van der Waals surface area contributed by atoms with E-state index in [4.69, 9.17) is 10.3 Å². The van der Waals surface area contributed by atoms with Gasteiger partial charge in [-0.3, -0.25) is 0 Å². The maximum absolute atomic E-state index is 10.8. The third-order valence-corrected chi connectivity index (χ3v) is 3.20. The molecule has 6 nitrogen and oxygen atoms in total. The monoisotopic (exact) mass is 264 g/mol. The number of nitrogens with two attached hydrogens (primary N) is 2. The Hall–Kier alpha value is -0.960. The van der Waals surface area contributed by atoms with Crippen molar-refractivity contribution >= 4 is 20.0 Å². The summed E-state index contributed by atoms with van der Waals surface area (Å²) in [6.45, 7) is 0. The van der Waals surface area contributed by atoms with Crippen molar-refractivity contribution in [1.29, 1.82) is 0 Å². The second kappa shape index (κ2) is 4.50. The second-order valence-corrected chi connectivity index (χ2v) is 6.66. The number of benzene rings is 1. The highest BCUT2D eigenvalue weighted by atomic mass is 32.2.